The van der Waals surface area contributed by atoms with Gasteiger partial charge >= 0.3 is 6.03 Å². The van der Waals surface area contributed by atoms with Crippen LogP contribution in [-0.4, -0.2) is 37.3 Å². The van der Waals surface area contributed by atoms with E-state index in [9.17, 15) is 9.59 Å². The van der Waals surface area contributed by atoms with E-state index in [1.165, 1.54) is 0 Å². The fraction of sp³-hybridized carbons (Fsp3) is 0.467. The molecule has 1 fully saturated rings. The third-order valence-electron chi connectivity index (χ3n) is 3.32. The van der Waals surface area contributed by atoms with E-state index in [2.05, 4.69) is 5.32 Å². The summed E-state index contributed by atoms with van der Waals surface area (Å²) in [5.74, 6) is 0.209. The molecule has 0 radical (unpaired) electrons. The van der Waals surface area contributed by atoms with Crippen LogP contribution in [0.3, 0.4) is 0 Å². The van der Waals surface area contributed by atoms with Crippen molar-refractivity contribution >= 4 is 17.6 Å². The Kier molecular flexibility index (Phi) is 5.60. The van der Waals surface area contributed by atoms with Crippen molar-refractivity contribution in [2.24, 2.45) is 5.73 Å². The molecule has 1 aliphatic heterocycles. The van der Waals surface area contributed by atoms with Crippen LogP contribution >= 0.6 is 0 Å². The molecule has 1 saturated heterocycles. The highest BCUT2D eigenvalue weighted by Crippen LogP contribution is 2.20. The summed E-state index contributed by atoms with van der Waals surface area (Å²) >= 11 is 0. The van der Waals surface area contributed by atoms with Crippen LogP contribution in [0, 0.1) is 0 Å². The quantitative estimate of drug-likeness (QED) is 0.734. The zero-order valence-electron chi connectivity index (χ0n) is 12.5. The standard InChI is InChI=1S/C15H21N3O4/c1-10(14(19)18-15(16)20)17-11-4-2-5-12(8-11)22-9-13-6-3-7-21-13/h2,4-5,8,10,13,17H,3,6-7,9H2,1H3,(H3,16,18,19,20)/t10-,13+/m1/s1. The van der Waals surface area contributed by atoms with Crippen LogP contribution in [0.1, 0.15) is 19.8 Å². The minimum atomic E-state index is -0.868. The lowest BCUT2D eigenvalue weighted by Gasteiger charge is -2.16. The van der Waals surface area contributed by atoms with Crippen molar-refractivity contribution in [3.63, 3.8) is 0 Å². The number of primary amides is 1. The molecule has 4 N–H and O–H groups in total. The van der Waals surface area contributed by atoms with Gasteiger partial charge in [-0.25, -0.2) is 4.79 Å². The molecule has 7 heteroatoms. The number of hydrogen-bond donors (Lipinski definition) is 3. The molecular formula is C15H21N3O4. The van der Waals surface area contributed by atoms with Gasteiger partial charge in [-0.15, -0.1) is 0 Å². The smallest absolute Gasteiger partial charge is 0.318 e. The lowest BCUT2D eigenvalue weighted by molar-refractivity contribution is -0.120. The van der Waals surface area contributed by atoms with E-state index < -0.39 is 18.0 Å². The van der Waals surface area contributed by atoms with Gasteiger partial charge in [-0.3, -0.25) is 10.1 Å². The molecule has 1 heterocycles. The summed E-state index contributed by atoms with van der Waals surface area (Å²) in [6, 6.07) is 5.81. The van der Waals surface area contributed by atoms with Crippen LogP contribution in [0.25, 0.3) is 0 Å². The molecule has 7 nitrogen and oxygen atoms in total. The molecule has 1 aromatic carbocycles. The third-order valence-corrected chi connectivity index (χ3v) is 3.32. The van der Waals surface area contributed by atoms with Crippen LogP contribution < -0.4 is 21.1 Å². The Labute approximate surface area is 129 Å². The topological polar surface area (TPSA) is 103 Å². The van der Waals surface area contributed by atoms with Gasteiger partial charge in [0.1, 0.15) is 18.4 Å². The molecule has 1 aliphatic rings. The van der Waals surface area contributed by atoms with Crippen LogP contribution in [0.4, 0.5) is 10.5 Å². The zero-order chi connectivity index (χ0) is 15.9. The molecule has 0 spiro atoms. The summed E-state index contributed by atoms with van der Waals surface area (Å²) in [7, 11) is 0. The molecule has 2 atom stereocenters. The van der Waals surface area contributed by atoms with Crippen LogP contribution in [0.2, 0.25) is 0 Å². The number of benzene rings is 1. The summed E-state index contributed by atoms with van der Waals surface area (Å²) in [5, 5.41) is 5.01. The van der Waals surface area contributed by atoms with Gasteiger partial charge in [-0.05, 0) is 31.9 Å². The number of anilines is 1. The highest BCUT2D eigenvalue weighted by molar-refractivity contribution is 5.97. The van der Waals surface area contributed by atoms with Gasteiger partial charge in [-0.2, -0.15) is 0 Å². The minimum absolute atomic E-state index is 0.150. The summed E-state index contributed by atoms with van der Waals surface area (Å²) in [4.78, 5) is 22.3. The third kappa shape index (κ3) is 4.92. The molecule has 0 aliphatic carbocycles. The van der Waals surface area contributed by atoms with E-state index in [-0.39, 0.29) is 6.10 Å². The van der Waals surface area contributed by atoms with Gasteiger partial charge in [0, 0.05) is 18.4 Å². The second-order valence-corrected chi connectivity index (χ2v) is 5.19. The fourth-order valence-electron chi connectivity index (χ4n) is 2.19. The highest BCUT2D eigenvalue weighted by Gasteiger charge is 2.17. The summed E-state index contributed by atoms with van der Waals surface area (Å²) < 4.78 is 11.2. The molecule has 22 heavy (non-hydrogen) atoms. The molecule has 1 aromatic rings. The maximum atomic E-state index is 11.6. The number of nitrogens with one attached hydrogen (secondary N) is 2. The van der Waals surface area contributed by atoms with Gasteiger partial charge < -0.3 is 20.5 Å². The van der Waals surface area contributed by atoms with Crippen molar-refractivity contribution < 1.29 is 19.1 Å². The second-order valence-electron chi connectivity index (χ2n) is 5.19. The number of hydrogen-bond acceptors (Lipinski definition) is 5. The van der Waals surface area contributed by atoms with E-state index in [0.717, 1.165) is 25.1 Å². The van der Waals surface area contributed by atoms with E-state index in [1.54, 1.807) is 13.0 Å². The van der Waals surface area contributed by atoms with Crippen molar-refractivity contribution in [2.45, 2.75) is 31.9 Å². The van der Waals surface area contributed by atoms with Gasteiger partial charge in [0.15, 0.2) is 0 Å². The maximum absolute atomic E-state index is 11.6. The molecule has 2 rings (SSSR count). The largest absolute Gasteiger partial charge is 0.491 e. The van der Waals surface area contributed by atoms with E-state index in [0.29, 0.717) is 12.4 Å². The summed E-state index contributed by atoms with van der Waals surface area (Å²) in [6.45, 7) is 2.95. The molecule has 0 aromatic heterocycles. The highest BCUT2D eigenvalue weighted by atomic mass is 16.5. The SMILES string of the molecule is C[C@@H](Nc1cccc(OC[C@@H]2CCCO2)c1)C(=O)NC(N)=O. The number of rotatable bonds is 6. The second kappa shape index (κ2) is 7.65. The van der Waals surface area contributed by atoms with Gasteiger partial charge in [-0.1, -0.05) is 6.07 Å². The molecular weight excluding hydrogens is 286 g/mol. The Hall–Kier alpha value is -2.28. The Bertz CT molecular complexity index is 529. The van der Waals surface area contributed by atoms with Crippen LogP contribution in [-0.2, 0) is 9.53 Å². The van der Waals surface area contributed by atoms with Crippen LogP contribution in [0.5, 0.6) is 5.75 Å². The first kappa shape index (κ1) is 16.1. The van der Waals surface area contributed by atoms with Gasteiger partial charge in [0.2, 0.25) is 5.91 Å². The first-order valence-electron chi connectivity index (χ1n) is 7.26. The van der Waals surface area contributed by atoms with Crippen molar-refractivity contribution in [1.82, 2.24) is 5.32 Å². The number of urea groups is 1. The molecule has 0 unspecified atom stereocenters. The number of carbonyl (C=O) groups excluding carboxylic acids is 2. The zero-order valence-corrected chi connectivity index (χ0v) is 12.5. The number of amides is 3. The fourth-order valence-corrected chi connectivity index (χ4v) is 2.19. The van der Waals surface area contributed by atoms with Crippen molar-refractivity contribution in [3.8, 4) is 5.75 Å². The average Bonchev–Trinajstić information content (AvgIpc) is 2.98. The molecule has 0 bridgehead atoms. The van der Waals surface area contributed by atoms with E-state index in [4.69, 9.17) is 15.2 Å². The number of nitrogens with two attached hydrogens (primary N) is 1. The Morgan fingerprint density at radius 1 is 1.50 bits per heavy atom. The van der Waals surface area contributed by atoms with E-state index in [1.807, 2.05) is 23.5 Å². The lowest BCUT2D eigenvalue weighted by atomic mass is 10.2. The molecule has 120 valence electrons. The normalized spacial score (nSPS) is 18.5. The van der Waals surface area contributed by atoms with Crippen molar-refractivity contribution in [1.29, 1.82) is 0 Å². The summed E-state index contributed by atoms with van der Waals surface area (Å²) in [5.41, 5.74) is 5.64. The predicted molar refractivity (Wildman–Crippen MR) is 81.7 cm³/mol. The van der Waals surface area contributed by atoms with Gasteiger partial charge in [0.05, 0.1) is 6.10 Å². The maximum Gasteiger partial charge on any atom is 0.318 e. The number of carbonyl (C=O) groups is 2. The van der Waals surface area contributed by atoms with Gasteiger partial charge in [0.25, 0.3) is 0 Å². The van der Waals surface area contributed by atoms with Crippen LogP contribution in [0.15, 0.2) is 24.3 Å². The number of imide groups is 1. The Morgan fingerprint density at radius 2 is 2.32 bits per heavy atom. The van der Waals surface area contributed by atoms with E-state index >= 15 is 0 Å². The monoisotopic (exact) mass is 307 g/mol. The number of ether oxygens (including phenoxy) is 2. The molecule has 0 saturated carbocycles. The Balaban J connectivity index is 1.87. The predicted octanol–water partition coefficient (Wildman–Crippen LogP) is 1.24. The van der Waals surface area contributed by atoms with Crippen molar-refractivity contribution in [2.75, 3.05) is 18.5 Å². The lowest BCUT2D eigenvalue weighted by Crippen LogP contribution is -2.43. The summed E-state index contributed by atoms with van der Waals surface area (Å²) in [6.07, 6.45) is 2.24. The first-order valence-corrected chi connectivity index (χ1v) is 7.26. The average molecular weight is 307 g/mol. The minimum Gasteiger partial charge on any atom is -0.491 e. The first-order chi connectivity index (χ1) is 10.5. The molecule has 3 amide bonds. The van der Waals surface area contributed by atoms with Crippen molar-refractivity contribution in [3.05, 3.63) is 24.3 Å². The Morgan fingerprint density at radius 3 is 3.00 bits per heavy atom.